The largest absolute Gasteiger partial charge is 0.481 e. The van der Waals surface area contributed by atoms with Crippen molar-refractivity contribution in [2.45, 2.75) is 50.2 Å². The van der Waals surface area contributed by atoms with Crippen LogP contribution in [0.25, 0.3) is 0 Å². The number of carbonyl (C=O) groups is 1. The molecule has 4 atom stereocenters. The monoisotopic (exact) mass is 307 g/mol. The molecule has 3 saturated carbocycles. The van der Waals surface area contributed by atoms with Crippen LogP contribution in [-0.2, 0) is 11.3 Å². The second-order valence-electron chi connectivity index (χ2n) is 6.69. The molecule has 0 aliphatic heterocycles. The number of nitrogens with zero attached hydrogens (tertiary/aromatic N) is 3. The van der Waals surface area contributed by atoms with Crippen LogP contribution >= 0.6 is 11.8 Å². The molecule has 0 radical (unpaired) electrons. The van der Waals surface area contributed by atoms with Crippen LogP contribution in [-0.4, -0.2) is 31.6 Å². The molecule has 0 spiro atoms. The lowest BCUT2D eigenvalue weighted by atomic mass is 10.0. The zero-order valence-electron chi connectivity index (χ0n) is 12.2. The predicted octanol–water partition coefficient (Wildman–Crippen LogP) is 2.62. The van der Waals surface area contributed by atoms with E-state index in [1.807, 2.05) is 0 Å². The predicted molar refractivity (Wildman–Crippen MR) is 79.2 cm³/mol. The third-order valence-electron chi connectivity index (χ3n) is 5.55. The Morgan fingerprint density at radius 2 is 2.05 bits per heavy atom. The number of hydrogen-bond acceptors (Lipinski definition) is 4. The number of carboxylic acid groups (broad SMARTS) is 1. The molecule has 4 unspecified atom stereocenters. The molecule has 0 aromatic carbocycles. The van der Waals surface area contributed by atoms with Gasteiger partial charge in [-0.05, 0) is 49.4 Å². The SMILES string of the molecule is CCCn1c(SCC(=O)O)nnc1C1C2C3CCC(C3)C12. The summed E-state index contributed by atoms with van der Waals surface area (Å²) in [4.78, 5) is 10.8. The van der Waals surface area contributed by atoms with Crippen LogP contribution in [0.3, 0.4) is 0 Å². The molecule has 3 fully saturated rings. The van der Waals surface area contributed by atoms with Crippen molar-refractivity contribution in [1.82, 2.24) is 14.8 Å². The summed E-state index contributed by atoms with van der Waals surface area (Å²) < 4.78 is 2.19. The highest BCUT2D eigenvalue weighted by Gasteiger charge is 2.66. The summed E-state index contributed by atoms with van der Waals surface area (Å²) in [6.07, 6.45) is 5.28. The third-order valence-corrected chi connectivity index (χ3v) is 6.50. The minimum absolute atomic E-state index is 0.0601. The normalized spacial score (nSPS) is 36.0. The maximum absolute atomic E-state index is 10.8. The van der Waals surface area contributed by atoms with Crippen molar-refractivity contribution >= 4 is 17.7 Å². The molecule has 114 valence electrons. The van der Waals surface area contributed by atoms with Gasteiger partial charge in [0.1, 0.15) is 5.82 Å². The Labute approximate surface area is 128 Å². The van der Waals surface area contributed by atoms with Gasteiger partial charge in [-0.25, -0.2) is 0 Å². The standard InChI is InChI=1S/C15H21N3O2S/c1-2-5-18-14(16-17-15(18)21-7-10(19)20)13-11-8-3-4-9(6-8)12(11)13/h8-9,11-13H,2-7H2,1H3,(H,19,20). The molecule has 1 aromatic heterocycles. The molecule has 1 N–H and O–H groups in total. The lowest BCUT2D eigenvalue weighted by molar-refractivity contribution is -0.133. The fraction of sp³-hybridized carbons (Fsp3) is 0.800. The number of hydrogen-bond donors (Lipinski definition) is 1. The first kappa shape index (κ1) is 13.6. The van der Waals surface area contributed by atoms with Crippen molar-refractivity contribution in [2.75, 3.05) is 5.75 Å². The van der Waals surface area contributed by atoms with Gasteiger partial charge in [-0.3, -0.25) is 4.79 Å². The van der Waals surface area contributed by atoms with E-state index < -0.39 is 5.97 Å². The molecule has 1 aromatic rings. The molecule has 3 aliphatic carbocycles. The maximum atomic E-state index is 10.8. The van der Waals surface area contributed by atoms with E-state index in [0.717, 1.165) is 47.6 Å². The average molecular weight is 307 g/mol. The fourth-order valence-electron chi connectivity index (χ4n) is 4.88. The topological polar surface area (TPSA) is 68.0 Å². The molecule has 4 rings (SSSR count). The van der Waals surface area contributed by atoms with Gasteiger partial charge >= 0.3 is 5.97 Å². The van der Waals surface area contributed by atoms with Crippen molar-refractivity contribution in [3.63, 3.8) is 0 Å². The molecule has 0 amide bonds. The molecule has 0 saturated heterocycles. The Morgan fingerprint density at radius 1 is 1.33 bits per heavy atom. The number of carboxylic acids is 1. The van der Waals surface area contributed by atoms with Gasteiger partial charge in [0.05, 0.1) is 5.75 Å². The van der Waals surface area contributed by atoms with E-state index in [1.54, 1.807) is 0 Å². The van der Waals surface area contributed by atoms with E-state index in [4.69, 9.17) is 5.11 Å². The van der Waals surface area contributed by atoms with E-state index >= 15 is 0 Å². The number of aromatic nitrogens is 3. The molecule has 1 heterocycles. The highest BCUT2D eigenvalue weighted by Crippen LogP contribution is 2.72. The average Bonchev–Trinajstić information content (AvgIpc) is 2.81. The van der Waals surface area contributed by atoms with Gasteiger partial charge in [-0.15, -0.1) is 10.2 Å². The summed E-state index contributed by atoms with van der Waals surface area (Å²) in [5.74, 6) is 4.55. The van der Waals surface area contributed by atoms with Gasteiger partial charge in [0.25, 0.3) is 0 Å². The van der Waals surface area contributed by atoms with Crippen LogP contribution < -0.4 is 0 Å². The van der Waals surface area contributed by atoms with Crippen LogP contribution in [0.4, 0.5) is 0 Å². The smallest absolute Gasteiger partial charge is 0.313 e. The van der Waals surface area contributed by atoms with Gasteiger partial charge in [-0.2, -0.15) is 0 Å². The first-order valence-corrected chi connectivity index (χ1v) is 8.97. The first-order valence-electron chi connectivity index (χ1n) is 7.98. The van der Waals surface area contributed by atoms with Crippen LogP contribution in [0, 0.1) is 23.7 Å². The zero-order valence-corrected chi connectivity index (χ0v) is 13.1. The molecule has 2 bridgehead atoms. The maximum Gasteiger partial charge on any atom is 0.313 e. The minimum Gasteiger partial charge on any atom is -0.481 e. The third kappa shape index (κ3) is 2.10. The highest BCUT2D eigenvalue weighted by molar-refractivity contribution is 7.99. The Hall–Kier alpha value is -1.04. The second-order valence-corrected chi connectivity index (χ2v) is 7.63. The Bertz CT molecular complexity index is 557. The molecule has 3 aliphatic rings. The van der Waals surface area contributed by atoms with E-state index in [9.17, 15) is 4.79 Å². The van der Waals surface area contributed by atoms with Crippen molar-refractivity contribution in [1.29, 1.82) is 0 Å². The minimum atomic E-state index is -0.797. The summed E-state index contributed by atoms with van der Waals surface area (Å²) in [7, 11) is 0. The fourth-order valence-corrected chi connectivity index (χ4v) is 5.58. The van der Waals surface area contributed by atoms with Crippen LogP contribution in [0.2, 0.25) is 0 Å². The number of rotatable bonds is 6. The second kappa shape index (κ2) is 5.00. The lowest BCUT2D eigenvalue weighted by Gasteiger charge is -2.11. The van der Waals surface area contributed by atoms with Crippen molar-refractivity contribution in [3.8, 4) is 0 Å². The summed E-state index contributed by atoms with van der Waals surface area (Å²) >= 11 is 1.30. The first-order chi connectivity index (χ1) is 10.2. The Balaban J connectivity index is 1.57. The molecule has 5 nitrogen and oxygen atoms in total. The van der Waals surface area contributed by atoms with Crippen LogP contribution in [0.1, 0.15) is 44.3 Å². The van der Waals surface area contributed by atoms with Crippen LogP contribution in [0.5, 0.6) is 0 Å². The van der Waals surface area contributed by atoms with Gasteiger partial charge in [0, 0.05) is 12.5 Å². The van der Waals surface area contributed by atoms with Crippen LogP contribution in [0.15, 0.2) is 5.16 Å². The van der Waals surface area contributed by atoms with Crippen molar-refractivity contribution in [2.24, 2.45) is 23.7 Å². The zero-order chi connectivity index (χ0) is 14.6. The lowest BCUT2D eigenvalue weighted by Crippen LogP contribution is -2.09. The van der Waals surface area contributed by atoms with Gasteiger partial charge in [0.2, 0.25) is 0 Å². The van der Waals surface area contributed by atoms with Gasteiger partial charge in [0.15, 0.2) is 5.16 Å². The molecule has 6 heteroatoms. The number of fused-ring (bicyclic) bond motifs is 5. The number of thioether (sulfide) groups is 1. The Morgan fingerprint density at radius 3 is 2.67 bits per heavy atom. The van der Waals surface area contributed by atoms with Crippen molar-refractivity contribution < 1.29 is 9.90 Å². The van der Waals surface area contributed by atoms with E-state index in [-0.39, 0.29) is 5.75 Å². The van der Waals surface area contributed by atoms with Gasteiger partial charge < -0.3 is 9.67 Å². The van der Waals surface area contributed by atoms with Gasteiger partial charge in [-0.1, -0.05) is 18.7 Å². The van der Waals surface area contributed by atoms with E-state index in [1.165, 1.54) is 31.0 Å². The van der Waals surface area contributed by atoms with Crippen molar-refractivity contribution in [3.05, 3.63) is 5.82 Å². The molecular weight excluding hydrogens is 286 g/mol. The van der Waals surface area contributed by atoms with E-state index in [0.29, 0.717) is 5.92 Å². The summed E-state index contributed by atoms with van der Waals surface area (Å²) in [5, 5.41) is 18.4. The summed E-state index contributed by atoms with van der Waals surface area (Å²) in [6.45, 7) is 3.04. The molecular formula is C15H21N3O2S. The summed E-state index contributed by atoms with van der Waals surface area (Å²) in [6, 6.07) is 0. The highest BCUT2D eigenvalue weighted by atomic mass is 32.2. The number of aliphatic carboxylic acids is 1. The summed E-state index contributed by atoms with van der Waals surface area (Å²) in [5.41, 5.74) is 0. The Kier molecular flexibility index (Phi) is 3.24. The molecule has 21 heavy (non-hydrogen) atoms. The van der Waals surface area contributed by atoms with E-state index in [2.05, 4.69) is 21.7 Å². The quantitative estimate of drug-likeness (QED) is 0.818.